The number of para-hydroxylation sites is 1. The molecule has 2 rings (SSSR count). The lowest BCUT2D eigenvalue weighted by molar-refractivity contribution is -0.118. The standard InChI is InChI=1S/C14H16N2O.3C2H6/c1-10(17)14(15-2)8-11-7-12-5-3-4-6-13(12)16-9-11;3*1-2/h3-7,9,14-15H,8H2,1-2H3;3*1-2H3. The van der Waals surface area contributed by atoms with Crippen molar-refractivity contribution in [3.8, 4) is 0 Å². The van der Waals surface area contributed by atoms with E-state index in [-0.39, 0.29) is 11.8 Å². The first-order valence-electron chi connectivity index (χ1n) is 8.72. The molecule has 3 heteroatoms. The van der Waals surface area contributed by atoms with Crippen molar-refractivity contribution in [2.45, 2.75) is 60.9 Å². The molecule has 1 N–H and O–H groups in total. The molecular formula is C20H34N2O. The Balaban J connectivity index is 0. The molecule has 1 aromatic heterocycles. The van der Waals surface area contributed by atoms with Crippen LogP contribution in [0.4, 0.5) is 0 Å². The normalized spacial score (nSPS) is 10.1. The molecule has 1 heterocycles. The van der Waals surface area contributed by atoms with Gasteiger partial charge in [0.25, 0.3) is 0 Å². The topological polar surface area (TPSA) is 42.0 Å². The van der Waals surface area contributed by atoms with Crippen LogP contribution in [0.15, 0.2) is 36.5 Å². The van der Waals surface area contributed by atoms with Gasteiger partial charge in [-0.2, -0.15) is 0 Å². The molecule has 3 nitrogen and oxygen atoms in total. The number of ketones is 1. The Morgan fingerprint density at radius 2 is 1.65 bits per heavy atom. The van der Waals surface area contributed by atoms with Crippen LogP contribution in [0.3, 0.4) is 0 Å². The largest absolute Gasteiger partial charge is 0.310 e. The first-order chi connectivity index (χ1) is 11.2. The van der Waals surface area contributed by atoms with E-state index in [2.05, 4.69) is 16.4 Å². The summed E-state index contributed by atoms with van der Waals surface area (Å²) in [6.07, 6.45) is 2.53. The fraction of sp³-hybridized carbons (Fsp3) is 0.500. The predicted molar refractivity (Wildman–Crippen MR) is 103 cm³/mol. The summed E-state index contributed by atoms with van der Waals surface area (Å²) in [6, 6.07) is 9.95. The zero-order valence-electron chi connectivity index (χ0n) is 16.1. The van der Waals surface area contributed by atoms with Gasteiger partial charge in [0.2, 0.25) is 0 Å². The fourth-order valence-electron chi connectivity index (χ4n) is 1.91. The summed E-state index contributed by atoms with van der Waals surface area (Å²) in [5.41, 5.74) is 2.07. The second-order valence-electron chi connectivity index (χ2n) is 4.19. The second kappa shape index (κ2) is 15.2. The van der Waals surface area contributed by atoms with Gasteiger partial charge >= 0.3 is 0 Å². The molecule has 1 atom stereocenters. The minimum Gasteiger partial charge on any atom is -0.310 e. The summed E-state index contributed by atoms with van der Waals surface area (Å²) in [6.45, 7) is 13.6. The van der Waals surface area contributed by atoms with Gasteiger partial charge in [0, 0.05) is 11.6 Å². The van der Waals surface area contributed by atoms with Gasteiger partial charge in [-0.3, -0.25) is 9.78 Å². The van der Waals surface area contributed by atoms with Gasteiger partial charge in [-0.15, -0.1) is 0 Å². The number of likely N-dealkylation sites (N-methyl/N-ethyl adjacent to an activating group) is 1. The fourth-order valence-corrected chi connectivity index (χ4v) is 1.91. The maximum absolute atomic E-state index is 11.4. The van der Waals surface area contributed by atoms with Crippen LogP contribution in [0, 0.1) is 0 Å². The summed E-state index contributed by atoms with van der Waals surface area (Å²) < 4.78 is 0. The molecular weight excluding hydrogens is 284 g/mol. The van der Waals surface area contributed by atoms with E-state index < -0.39 is 0 Å². The Hall–Kier alpha value is -1.74. The van der Waals surface area contributed by atoms with Crippen molar-refractivity contribution >= 4 is 16.7 Å². The number of rotatable bonds is 4. The minimum atomic E-state index is -0.127. The zero-order chi connectivity index (χ0) is 18.3. The molecule has 0 aliphatic heterocycles. The summed E-state index contributed by atoms with van der Waals surface area (Å²) in [4.78, 5) is 15.7. The molecule has 0 aliphatic rings. The maximum atomic E-state index is 11.4. The van der Waals surface area contributed by atoms with Gasteiger partial charge in [-0.25, -0.2) is 0 Å². The first kappa shape index (κ1) is 23.5. The Labute approximate surface area is 142 Å². The van der Waals surface area contributed by atoms with E-state index in [1.54, 1.807) is 14.0 Å². The quantitative estimate of drug-likeness (QED) is 0.859. The average Bonchev–Trinajstić information content (AvgIpc) is 2.64. The van der Waals surface area contributed by atoms with Crippen LogP contribution in [0.25, 0.3) is 10.9 Å². The lowest BCUT2D eigenvalue weighted by atomic mass is 10.0. The monoisotopic (exact) mass is 318 g/mol. The number of carbonyl (C=O) groups excluding carboxylic acids is 1. The van der Waals surface area contributed by atoms with E-state index in [0.717, 1.165) is 16.5 Å². The van der Waals surface area contributed by atoms with E-state index in [1.807, 2.05) is 72.0 Å². The number of hydrogen-bond acceptors (Lipinski definition) is 3. The smallest absolute Gasteiger partial charge is 0.147 e. The number of benzene rings is 1. The lowest BCUT2D eigenvalue weighted by Crippen LogP contribution is -2.34. The van der Waals surface area contributed by atoms with Crippen molar-refractivity contribution in [2.24, 2.45) is 0 Å². The molecule has 0 aliphatic carbocycles. The zero-order valence-corrected chi connectivity index (χ0v) is 16.1. The molecule has 0 spiro atoms. The van der Waals surface area contributed by atoms with Crippen molar-refractivity contribution in [1.82, 2.24) is 10.3 Å². The molecule has 0 radical (unpaired) electrons. The summed E-state index contributed by atoms with van der Waals surface area (Å²) in [5, 5.41) is 4.13. The number of aromatic nitrogens is 1. The van der Waals surface area contributed by atoms with Crippen LogP contribution in [0.5, 0.6) is 0 Å². The number of fused-ring (bicyclic) bond motifs is 1. The van der Waals surface area contributed by atoms with Crippen LogP contribution >= 0.6 is 0 Å². The highest BCUT2D eigenvalue weighted by Crippen LogP contribution is 2.13. The number of Topliss-reactive ketones (excluding diaryl/α,β-unsaturated/α-hetero) is 1. The van der Waals surface area contributed by atoms with Gasteiger partial charge in [0.1, 0.15) is 5.78 Å². The van der Waals surface area contributed by atoms with Crippen LogP contribution in [-0.2, 0) is 11.2 Å². The third kappa shape index (κ3) is 8.46. The SMILES string of the molecule is CC.CC.CC.CNC(Cc1cnc2ccccc2c1)C(C)=O. The number of pyridine rings is 1. The minimum absolute atomic E-state index is 0.127. The van der Waals surface area contributed by atoms with Gasteiger partial charge in [0.05, 0.1) is 11.6 Å². The van der Waals surface area contributed by atoms with E-state index in [1.165, 1.54) is 0 Å². The third-order valence-corrected chi connectivity index (χ3v) is 2.93. The van der Waals surface area contributed by atoms with Crippen LogP contribution in [-0.4, -0.2) is 23.9 Å². The van der Waals surface area contributed by atoms with Crippen LogP contribution in [0.1, 0.15) is 54.0 Å². The molecule has 0 saturated carbocycles. The number of carbonyl (C=O) groups is 1. The molecule has 0 saturated heterocycles. The lowest BCUT2D eigenvalue weighted by Gasteiger charge is -2.12. The van der Waals surface area contributed by atoms with E-state index in [9.17, 15) is 4.79 Å². The van der Waals surface area contributed by atoms with Gasteiger partial charge in [0.15, 0.2) is 0 Å². The Bertz CT molecular complexity index is 538. The van der Waals surface area contributed by atoms with Gasteiger partial charge < -0.3 is 5.32 Å². The predicted octanol–water partition coefficient (Wildman–Crippen LogP) is 5.03. The molecule has 130 valence electrons. The Morgan fingerprint density at radius 1 is 1.09 bits per heavy atom. The van der Waals surface area contributed by atoms with E-state index >= 15 is 0 Å². The van der Waals surface area contributed by atoms with E-state index in [4.69, 9.17) is 0 Å². The van der Waals surface area contributed by atoms with Gasteiger partial charge in [-0.05, 0) is 38.1 Å². The molecule has 1 unspecified atom stereocenters. The number of hydrogen-bond donors (Lipinski definition) is 1. The van der Waals surface area contributed by atoms with Crippen LogP contribution in [0.2, 0.25) is 0 Å². The van der Waals surface area contributed by atoms with E-state index in [0.29, 0.717) is 6.42 Å². The molecule has 0 fully saturated rings. The second-order valence-corrected chi connectivity index (χ2v) is 4.19. The Morgan fingerprint density at radius 3 is 2.17 bits per heavy atom. The van der Waals surface area contributed by atoms with Gasteiger partial charge in [-0.1, -0.05) is 59.7 Å². The maximum Gasteiger partial charge on any atom is 0.147 e. The highest BCUT2D eigenvalue weighted by molar-refractivity contribution is 5.82. The Kier molecular flexibility index (Phi) is 15.5. The van der Waals surface area contributed by atoms with Crippen molar-refractivity contribution in [2.75, 3.05) is 7.05 Å². The summed E-state index contributed by atoms with van der Waals surface area (Å²) in [5.74, 6) is 0.153. The average molecular weight is 319 g/mol. The van der Waals surface area contributed by atoms with Crippen molar-refractivity contribution in [3.05, 3.63) is 42.1 Å². The number of nitrogens with one attached hydrogen (secondary N) is 1. The molecule has 0 bridgehead atoms. The number of nitrogens with zero attached hydrogens (tertiary/aromatic N) is 1. The van der Waals surface area contributed by atoms with Crippen molar-refractivity contribution in [3.63, 3.8) is 0 Å². The summed E-state index contributed by atoms with van der Waals surface area (Å²) >= 11 is 0. The highest BCUT2D eigenvalue weighted by Gasteiger charge is 2.12. The first-order valence-corrected chi connectivity index (χ1v) is 8.72. The summed E-state index contributed by atoms with van der Waals surface area (Å²) in [7, 11) is 1.81. The van der Waals surface area contributed by atoms with Crippen LogP contribution < -0.4 is 5.32 Å². The molecule has 1 aromatic carbocycles. The van der Waals surface area contributed by atoms with Crippen molar-refractivity contribution in [1.29, 1.82) is 0 Å². The van der Waals surface area contributed by atoms with Crippen molar-refractivity contribution < 1.29 is 4.79 Å². The third-order valence-electron chi connectivity index (χ3n) is 2.93. The molecule has 2 aromatic rings. The molecule has 0 amide bonds. The molecule has 23 heavy (non-hydrogen) atoms. The highest BCUT2D eigenvalue weighted by atomic mass is 16.1.